The van der Waals surface area contributed by atoms with E-state index in [1.165, 1.54) is 0 Å². The van der Waals surface area contributed by atoms with Gasteiger partial charge in [-0.25, -0.2) is 9.78 Å². The molecule has 0 radical (unpaired) electrons. The molecule has 0 aliphatic rings. The van der Waals surface area contributed by atoms with Gasteiger partial charge in [0.2, 0.25) is 0 Å². The first-order valence-electron chi connectivity index (χ1n) is 7.31. The van der Waals surface area contributed by atoms with Crippen molar-refractivity contribution in [1.82, 2.24) is 9.55 Å². The van der Waals surface area contributed by atoms with E-state index in [9.17, 15) is 4.79 Å². The number of ether oxygens (including phenoxy) is 2. The number of benzene rings is 2. The van der Waals surface area contributed by atoms with E-state index in [1.54, 1.807) is 25.4 Å². The van der Waals surface area contributed by atoms with E-state index in [-0.39, 0.29) is 0 Å². The van der Waals surface area contributed by atoms with Crippen LogP contribution < -0.4 is 9.47 Å². The molecule has 0 aliphatic carbocycles. The minimum Gasteiger partial charge on any atom is -0.497 e. The summed E-state index contributed by atoms with van der Waals surface area (Å²) in [5, 5.41) is 8.82. The molecular weight excluding hydrogens is 308 g/mol. The van der Waals surface area contributed by atoms with Crippen molar-refractivity contribution >= 4 is 5.97 Å². The fourth-order valence-corrected chi connectivity index (χ4v) is 2.37. The average Bonchev–Trinajstić information content (AvgIpc) is 3.09. The fraction of sp³-hybridized carbons (Fsp3) is 0.111. The van der Waals surface area contributed by atoms with E-state index >= 15 is 0 Å². The first-order valence-corrected chi connectivity index (χ1v) is 7.31. The van der Waals surface area contributed by atoms with Crippen LogP contribution in [0.3, 0.4) is 0 Å². The predicted molar refractivity (Wildman–Crippen MR) is 88.7 cm³/mol. The Bertz CT molecular complexity index is 840. The summed E-state index contributed by atoms with van der Waals surface area (Å²) in [6, 6.07) is 14.8. The lowest BCUT2D eigenvalue weighted by molar-refractivity contribution is -0.139. The summed E-state index contributed by atoms with van der Waals surface area (Å²) >= 11 is 0. The second-order valence-corrected chi connectivity index (χ2v) is 5.00. The number of aromatic nitrogens is 2. The molecule has 3 rings (SSSR count). The Morgan fingerprint density at radius 1 is 1.17 bits per heavy atom. The first kappa shape index (κ1) is 15.6. The molecule has 0 unspecified atom stereocenters. The van der Waals surface area contributed by atoms with Crippen molar-refractivity contribution < 1.29 is 19.4 Å². The molecular formula is C18H16N2O4. The third-order valence-corrected chi connectivity index (χ3v) is 3.47. The highest BCUT2D eigenvalue weighted by Crippen LogP contribution is 2.30. The summed E-state index contributed by atoms with van der Waals surface area (Å²) in [7, 11) is 1.62. The smallest absolute Gasteiger partial charge is 0.341 e. The first-order chi connectivity index (χ1) is 11.7. The number of aliphatic carboxylic acids is 1. The molecule has 0 saturated heterocycles. The number of carboxylic acids is 1. The average molecular weight is 324 g/mol. The normalized spacial score (nSPS) is 10.4. The van der Waals surface area contributed by atoms with Gasteiger partial charge in [0.25, 0.3) is 0 Å². The van der Waals surface area contributed by atoms with Crippen LogP contribution in [0.25, 0.3) is 17.1 Å². The third kappa shape index (κ3) is 3.22. The lowest BCUT2D eigenvalue weighted by Crippen LogP contribution is -2.10. The number of carboxylic acid groups (broad SMARTS) is 1. The number of carbonyl (C=O) groups is 1. The standard InChI is InChI=1S/C18H16N2O4/c1-23-14-8-6-13(7-9-14)20-11-10-19-18(20)15-4-2-3-5-16(15)24-12-17(21)22/h2-11H,12H2,1H3,(H,21,22). The largest absolute Gasteiger partial charge is 0.497 e. The van der Waals surface area contributed by atoms with Gasteiger partial charge in [-0.1, -0.05) is 12.1 Å². The second kappa shape index (κ2) is 6.87. The summed E-state index contributed by atoms with van der Waals surface area (Å²) < 4.78 is 12.5. The molecule has 6 heteroatoms. The molecule has 0 bridgehead atoms. The molecule has 1 N–H and O–H groups in total. The van der Waals surface area contributed by atoms with Gasteiger partial charge in [-0.15, -0.1) is 0 Å². The van der Waals surface area contributed by atoms with Crippen LogP contribution in [0, 0.1) is 0 Å². The number of para-hydroxylation sites is 1. The van der Waals surface area contributed by atoms with E-state index in [0.29, 0.717) is 11.6 Å². The Hall–Kier alpha value is -3.28. The van der Waals surface area contributed by atoms with Crippen LogP contribution in [0.1, 0.15) is 0 Å². The molecule has 3 aromatic rings. The van der Waals surface area contributed by atoms with Crippen LogP contribution in [-0.2, 0) is 4.79 Å². The SMILES string of the molecule is COc1ccc(-n2ccnc2-c2ccccc2OCC(=O)O)cc1. The van der Waals surface area contributed by atoms with Crippen LogP contribution in [0.5, 0.6) is 11.5 Å². The van der Waals surface area contributed by atoms with Gasteiger partial charge in [0.1, 0.15) is 17.3 Å². The Morgan fingerprint density at radius 3 is 2.62 bits per heavy atom. The molecule has 0 amide bonds. The highest BCUT2D eigenvalue weighted by atomic mass is 16.5. The Balaban J connectivity index is 1.99. The molecule has 2 aromatic carbocycles. The summed E-state index contributed by atoms with van der Waals surface area (Å²) in [6.45, 7) is -0.403. The topological polar surface area (TPSA) is 73.6 Å². The Labute approximate surface area is 138 Å². The predicted octanol–water partition coefficient (Wildman–Crippen LogP) is 3.01. The zero-order valence-electron chi connectivity index (χ0n) is 13.0. The van der Waals surface area contributed by atoms with Crippen LogP contribution in [0.2, 0.25) is 0 Å². The summed E-state index contributed by atoms with van der Waals surface area (Å²) in [4.78, 5) is 15.2. The lowest BCUT2D eigenvalue weighted by atomic mass is 10.2. The van der Waals surface area contributed by atoms with Gasteiger partial charge in [-0.2, -0.15) is 0 Å². The van der Waals surface area contributed by atoms with Crippen molar-refractivity contribution in [3.63, 3.8) is 0 Å². The van der Waals surface area contributed by atoms with Gasteiger partial charge in [0.05, 0.1) is 12.7 Å². The minimum atomic E-state index is -1.02. The lowest BCUT2D eigenvalue weighted by Gasteiger charge is -2.12. The van der Waals surface area contributed by atoms with Gasteiger partial charge in [0.15, 0.2) is 6.61 Å². The Kier molecular flexibility index (Phi) is 4.47. The van der Waals surface area contributed by atoms with E-state index in [0.717, 1.165) is 17.0 Å². The van der Waals surface area contributed by atoms with Crippen molar-refractivity contribution in [2.75, 3.05) is 13.7 Å². The molecule has 1 aromatic heterocycles. The molecule has 0 atom stereocenters. The maximum Gasteiger partial charge on any atom is 0.341 e. The van der Waals surface area contributed by atoms with E-state index in [4.69, 9.17) is 14.6 Å². The fourth-order valence-electron chi connectivity index (χ4n) is 2.37. The number of nitrogens with zero attached hydrogens (tertiary/aromatic N) is 2. The number of methoxy groups -OCH3 is 1. The van der Waals surface area contributed by atoms with Crippen molar-refractivity contribution in [3.8, 4) is 28.6 Å². The van der Waals surface area contributed by atoms with Crippen LogP contribution in [-0.4, -0.2) is 34.3 Å². The number of imidazole rings is 1. The summed E-state index contributed by atoms with van der Waals surface area (Å²) in [6.07, 6.45) is 3.53. The maximum absolute atomic E-state index is 10.8. The van der Waals surface area contributed by atoms with Crippen molar-refractivity contribution in [2.24, 2.45) is 0 Å². The zero-order chi connectivity index (χ0) is 16.9. The molecule has 0 saturated carbocycles. The monoisotopic (exact) mass is 324 g/mol. The van der Waals surface area contributed by atoms with Crippen molar-refractivity contribution in [3.05, 3.63) is 60.9 Å². The second-order valence-electron chi connectivity index (χ2n) is 5.00. The summed E-state index contributed by atoms with van der Waals surface area (Å²) in [5.41, 5.74) is 1.64. The van der Waals surface area contributed by atoms with Gasteiger partial charge < -0.3 is 14.6 Å². The van der Waals surface area contributed by atoms with Crippen molar-refractivity contribution in [1.29, 1.82) is 0 Å². The molecule has 122 valence electrons. The third-order valence-electron chi connectivity index (χ3n) is 3.47. The summed E-state index contributed by atoms with van der Waals surface area (Å²) in [5.74, 6) is 0.885. The molecule has 24 heavy (non-hydrogen) atoms. The highest BCUT2D eigenvalue weighted by Gasteiger charge is 2.13. The van der Waals surface area contributed by atoms with Crippen LogP contribution >= 0.6 is 0 Å². The van der Waals surface area contributed by atoms with E-state index in [2.05, 4.69) is 4.98 Å². The van der Waals surface area contributed by atoms with Crippen molar-refractivity contribution in [2.45, 2.75) is 0 Å². The van der Waals surface area contributed by atoms with Crippen LogP contribution in [0.15, 0.2) is 60.9 Å². The maximum atomic E-state index is 10.8. The highest BCUT2D eigenvalue weighted by molar-refractivity contribution is 5.70. The zero-order valence-corrected chi connectivity index (χ0v) is 13.0. The van der Waals surface area contributed by atoms with Gasteiger partial charge >= 0.3 is 5.97 Å². The Morgan fingerprint density at radius 2 is 1.92 bits per heavy atom. The van der Waals surface area contributed by atoms with Crippen LogP contribution in [0.4, 0.5) is 0 Å². The number of rotatable bonds is 6. The molecule has 0 spiro atoms. The molecule has 6 nitrogen and oxygen atoms in total. The molecule has 0 fully saturated rings. The molecule has 1 heterocycles. The van der Waals surface area contributed by atoms with Gasteiger partial charge in [-0.3, -0.25) is 4.57 Å². The minimum absolute atomic E-state index is 0.403. The quantitative estimate of drug-likeness (QED) is 0.754. The number of hydrogen-bond donors (Lipinski definition) is 1. The van der Waals surface area contributed by atoms with E-state index in [1.807, 2.05) is 47.2 Å². The number of hydrogen-bond acceptors (Lipinski definition) is 4. The van der Waals surface area contributed by atoms with E-state index < -0.39 is 12.6 Å². The molecule has 0 aliphatic heterocycles. The van der Waals surface area contributed by atoms with Gasteiger partial charge in [0, 0.05) is 18.1 Å². The van der Waals surface area contributed by atoms with Gasteiger partial charge in [-0.05, 0) is 36.4 Å².